The smallest absolute Gasteiger partial charge is 0.348 e. The van der Waals surface area contributed by atoms with Crippen LogP contribution < -0.4 is 11.1 Å². The van der Waals surface area contributed by atoms with E-state index < -0.39 is 5.97 Å². The zero-order valence-electron chi connectivity index (χ0n) is 12.1. The second kappa shape index (κ2) is 6.43. The van der Waals surface area contributed by atoms with Crippen molar-refractivity contribution in [3.8, 4) is 11.3 Å². The lowest BCUT2D eigenvalue weighted by Crippen LogP contribution is -2.42. The van der Waals surface area contributed by atoms with Gasteiger partial charge in [-0.1, -0.05) is 12.1 Å². The van der Waals surface area contributed by atoms with E-state index in [0.29, 0.717) is 17.9 Å². The Bertz CT molecular complexity index is 663. The van der Waals surface area contributed by atoms with Crippen LogP contribution in [0.5, 0.6) is 0 Å². The molecule has 1 aliphatic rings. The summed E-state index contributed by atoms with van der Waals surface area (Å²) in [5.74, 6) is -0.934. The van der Waals surface area contributed by atoms with Gasteiger partial charge in [0.05, 0.1) is 12.2 Å². The number of nitrogens with zero attached hydrogens (tertiary/aromatic N) is 2. The molecule has 2 heterocycles. The number of nitrogens with two attached hydrogens (primary N) is 1. The van der Waals surface area contributed by atoms with Gasteiger partial charge in [0.1, 0.15) is 9.88 Å². The highest BCUT2D eigenvalue weighted by molar-refractivity contribution is 7.14. The lowest BCUT2D eigenvalue weighted by Gasteiger charge is -2.26. The van der Waals surface area contributed by atoms with Crippen LogP contribution in [0.25, 0.3) is 11.3 Å². The van der Waals surface area contributed by atoms with Crippen molar-refractivity contribution >= 4 is 23.0 Å². The van der Waals surface area contributed by atoms with Crippen molar-refractivity contribution in [2.24, 2.45) is 0 Å². The molecule has 2 aromatic rings. The average Bonchev–Trinajstić information content (AvgIpc) is 2.93. The van der Waals surface area contributed by atoms with E-state index in [-0.39, 0.29) is 4.88 Å². The molecule has 1 saturated heterocycles. The number of hydrogen-bond acceptors (Lipinski definition) is 6. The van der Waals surface area contributed by atoms with Gasteiger partial charge in [-0.25, -0.2) is 9.78 Å². The third kappa shape index (κ3) is 3.27. The molecule has 1 aliphatic heterocycles. The molecule has 0 radical (unpaired) electrons. The third-order valence-electron chi connectivity index (χ3n) is 3.62. The molecule has 7 heteroatoms. The van der Waals surface area contributed by atoms with E-state index in [2.05, 4.69) is 15.2 Å². The van der Waals surface area contributed by atoms with Crippen molar-refractivity contribution in [2.45, 2.75) is 6.54 Å². The number of aromatic carboxylic acids is 1. The zero-order valence-corrected chi connectivity index (χ0v) is 12.9. The molecule has 1 aromatic carbocycles. The fourth-order valence-corrected chi connectivity index (χ4v) is 3.44. The number of anilines is 1. The number of piperazine rings is 1. The lowest BCUT2D eigenvalue weighted by molar-refractivity contribution is 0.0702. The summed E-state index contributed by atoms with van der Waals surface area (Å²) in [5, 5.41) is 13.6. The number of carboxylic acids is 1. The standard InChI is InChI=1S/C15H18N4O2S/c16-11-3-1-10(2-4-11)13-14(15(20)21)22-12(18-13)9-19-7-5-17-6-8-19/h1-4,17H,5-9,16H2,(H,20,21). The van der Waals surface area contributed by atoms with Crippen molar-refractivity contribution in [3.63, 3.8) is 0 Å². The summed E-state index contributed by atoms with van der Waals surface area (Å²) in [4.78, 5) is 18.6. The van der Waals surface area contributed by atoms with E-state index in [9.17, 15) is 9.90 Å². The van der Waals surface area contributed by atoms with Gasteiger partial charge in [-0.15, -0.1) is 11.3 Å². The monoisotopic (exact) mass is 318 g/mol. The zero-order chi connectivity index (χ0) is 15.5. The number of aromatic nitrogens is 1. The Labute approximate surface area is 132 Å². The summed E-state index contributed by atoms with van der Waals surface area (Å²) < 4.78 is 0. The number of nitrogens with one attached hydrogen (secondary N) is 1. The van der Waals surface area contributed by atoms with E-state index >= 15 is 0 Å². The van der Waals surface area contributed by atoms with Gasteiger partial charge < -0.3 is 16.2 Å². The van der Waals surface area contributed by atoms with Crippen molar-refractivity contribution < 1.29 is 9.90 Å². The predicted octanol–water partition coefficient (Wildman–Crippen LogP) is 1.50. The molecule has 22 heavy (non-hydrogen) atoms. The first-order chi connectivity index (χ1) is 10.6. The Kier molecular flexibility index (Phi) is 4.37. The highest BCUT2D eigenvalue weighted by Crippen LogP contribution is 2.29. The summed E-state index contributed by atoms with van der Waals surface area (Å²) in [5.41, 5.74) is 7.65. The fourth-order valence-electron chi connectivity index (χ4n) is 2.47. The van der Waals surface area contributed by atoms with Crippen molar-refractivity contribution in [2.75, 3.05) is 31.9 Å². The highest BCUT2D eigenvalue weighted by atomic mass is 32.1. The van der Waals surface area contributed by atoms with Gasteiger partial charge in [0, 0.05) is 37.4 Å². The van der Waals surface area contributed by atoms with E-state index in [1.807, 2.05) is 12.1 Å². The van der Waals surface area contributed by atoms with Gasteiger partial charge in [0.25, 0.3) is 0 Å². The van der Waals surface area contributed by atoms with Crippen molar-refractivity contribution in [1.82, 2.24) is 15.2 Å². The lowest BCUT2D eigenvalue weighted by atomic mass is 10.1. The SMILES string of the molecule is Nc1ccc(-c2nc(CN3CCNCC3)sc2C(=O)O)cc1. The van der Waals surface area contributed by atoms with Gasteiger partial charge in [-0.2, -0.15) is 0 Å². The molecule has 0 spiro atoms. The van der Waals surface area contributed by atoms with Crippen LogP contribution in [0.1, 0.15) is 14.7 Å². The third-order valence-corrected chi connectivity index (χ3v) is 4.65. The molecular weight excluding hydrogens is 300 g/mol. The minimum Gasteiger partial charge on any atom is -0.477 e. The van der Waals surface area contributed by atoms with Gasteiger partial charge in [-0.3, -0.25) is 4.90 Å². The van der Waals surface area contributed by atoms with Crippen LogP contribution in [0.3, 0.4) is 0 Å². The molecule has 0 bridgehead atoms. The van der Waals surface area contributed by atoms with Crippen LogP contribution in [0.15, 0.2) is 24.3 Å². The number of benzene rings is 1. The normalized spacial score (nSPS) is 15.8. The summed E-state index contributed by atoms with van der Waals surface area (Å²) in [6, 6.07) is 7.14. The van der Waals surface area contributed by atoms with Crippen LogP contribution in [0.4, 0.5) is 5.69 Å². The minimum absolute atomic E-state index is 0.287. The number of thiazole rings is 1. The molecule has 6 nitrogen and oxygen atoms in total. The average molecular weight is 318 g/mol. The van der Waals surface area contributed by atoms with E-state index in [4.69, 9.17) is 5.73 Å². The largest absolute Gasteiger partial charge is 0.477 e. The summed E-state index contributed by atoms with van der Waals surface area (Å²) in [7, 11) is 0. The second-order valence-corrected chi connectivity index (χ2v) is 6.32. The summed E-state index contributed by atoms with van der Waals surface area (Å²) in [6.07, 6.45) is 0. The molecule has 0 amide bonds. The Hall–Kier alpha value is -1.96. The van der Waals surface area contributed by atoms with Crippen LogP contribution in [0, 0.1) is 0 Å². The maximum absolute atomic E-state index is 11.5. The molecule has 0 atom stereocenters. The quantitative estimate of drug-likeness (QED) is 0.740. The topological polar surface area (TPSA) is 91.5 Å². The number of carbonyl (C=O) groups is 1. The van der Waals surface area contributed by atoms with Gasteiger partial charge in [-0.05, 0) is 12.1 Å². The molecule has 0 aliphatic carbocycles. The van der Waals surface area contributed by atoms with Crippen LogP contribution >= 0.6 is 11.3 Å². The Morgan fingerprint density at radius 1 is 1.32 bits per heavy atom. The highest BCUT2D eigenvalue weighted by Gasteiger charge is 2.20. The minimum atomic E-state index is -0.934. The maximum atomic E-state index is 11.5. The van der Waals surface area contributed by atoms with Crippen molar-refractivity contribution in [3.05, 3.63) is 34.2 Å². The van der Waals surface area contributed by atoms with Gasteiger partial charge in [0.2, 0.25) is 0 Å². The van der Waals surface area contributed by atoms with Gasteiger partial charge >= 0.3 is 5.97 Å². The first kappa shape index (κ1) is 15.0. The molecule has 4 N–H and O–H groups in total. The number of rotatable bonds is 4. The molecule has 0 saturated carbocycles. The molecule has 1 fully saturated rings. The van der Waals surface area contributed by atoms with Crippen LogP contribution in [-0.2, 0) is 6.54 Å². The Balaban J connectivity index is 1.88. The first-order valence-electron chi connectivity index (χ1n) is 7.15. The second-order valence-electron chi connectivity index (χ2n) is 5.24. The van der Waals surface area contributed by atoms with E-state index in [1.165, 1.54) is 11.3 Å². The first-order valence-corrected chi connectivity index (χ1v) is 7.97. The van der Waals surface area contributed by atoms with E-state index in [0.717, 1.165) is 36.8 Å². The van der Waals surface area contributed by atoms with Crippen LogP contribution in [0.2, 0.25) is 0 Å². The molecule has 3 rings (SSSR count). The number of carboxylic acid groups (broad SMARTS) is 1. The predicted molar refractivity (Wildman–Crippen MR) is 87.1 cm³/mol. The van der Waals surface area contributed by atoms with Gasteiger partial charge in [0.15, 0.2) is 0 Å². The fraction of sp³-hybridized carbons (Fsp3) is 0.333. The molecular formula is C15H18N4O2S. The van der Waals surface area contributed by atoms with Crippen molar-refractivity contribution in [1.29, 1.82) is 0 Å². The van der Waals surface area contributed by atoms with E-state index in [1.54, 1.807) is 12.1 Å². The molecule has 0 unspecified atom stereocenters. The molecule has 1 aromatic heterocycles. The summed E-state index contributed by atoms with van der Waals surface area (Å²) in [6.45, 7) is 4.53. The maximum Gasteiger partial charge on any atom is 0.348 e. The summed E-state index contributed by atoms with van der Waals surface area (Å²) >= 11 is 1.26. The Morgan fingerprint density at radius 3 is 2.64 bits per heavy atom. The number of nitrogen functional groups attached to an aromatic ring is 1. The molecule has 116 valence electrons. The van der Waals surface area contributed by atoms with Crippen LogP contribution in [-0.4, -0.2) is 47.1 Å². The Morgan fingerprint density at radius 2 is 2.00 bits per heavy atom. The number of hydrogen-bond donors (Lipinski definition) is 3.